The minimum atomic E-state index is -0.0655. The van der Waals surface area contributed by atoms with Crippen molar-refractivity contribution >= 4 is 40.9 Å². The maximum Gasteiger partial charge on any atom is 0.254 e. The maximum absolute atomic E-state index is 13.8. The summed E-state index contributed by atoms with van der Waals surface area (Å²) in [5.41, 5.74) is 9.92. The van der Waals surface area contributed by atoms with Crippen LogP contribution in [0, 0.1) is 5.92 Å². The maximum atomic E-state index is 13.8. The molecule has 0 spiro atoms. The number of rotatable bonds is 7. The van der Waals surface area contributed by atoms with Crippen LogP contribution >= 0.6 is 24.0 Å². The molecule has 0 atom stereocenters. The minimum Gasteiger partial charge on any atom is -0.335 e. The molecule has 2 aliphatic rings. The highest BCUT2D eigenvalue weighted by Crippen LogP contribution is 2.42. The Morgan fingerprint density at radius 1 is 1.17 bits per heavy atom. The van der Waals surface area contributed by atoms with Crippen molar-refractivity contribution in [3.8, 4) is 0 Å². The number of halogens is 2. The molecule has 1 heterocycles. The fourth-order valence-corrected chi connectivity index (χ4v) is 5.68. The molecule has 6 nitrogen and oxygen atoms in total. The van der Waals surface area contributed by atoms with Crippen molar-refractivity contribution in [2.75, 3.05) is 13.1 Å². The molecule has 2 saturated carbocycles. The third-order valence-corrected chi connectivity index (χ3v) is 8.04. The average molecular weight is 517 g/mol. The SMILES string of the molecule is CC(C)n1nnc2cc(C(=O)N(CC3CC3)C3CCC(CN)(c4cccc(Cl)c4)CC3)ccc21.Cl. The first kappa shape index (κ1) is 25.9. The van der Waals surface area contributed by atoms with Crippen LogP contribution in [-0.4, -0.2) is 44.9 Å². The van der Waals surface area contributed by atoms with Crippen LogP contribution in [0.25, 0.3) is 11.0 Å². The van der Waals surface area contributed by atoms with Crippen LogP contribution in [0.15, 0.2) is 42.5 Å². The molecule has 0 radical (unpaired) electrons. The van der Waals surface area contributed by atoms with E-state index in [4.69, 9.17) is 17.3 Å². The standard InChI is InChI=1S/C27H34ClN5O.ClH/c1-18(2)33-25-9-8-20(14-24(25)30-31-33)26(34)32(16-19-6-7-19)23-10-12-27(17-29,13-11-23)21-4-3-5-22(28)15-21;/h3-5,8-9,14-15,18-19,23H,6-7,10-13,16-17,29H2,1-2H3;1H. The average Bonchev–Trinajstić information content (AvgIpc) is 3.57. The zero-order chi connectivity index (χ0) is 23.9. The molecular formula is C27H35Cl2N5O. The molecule has 8 heteroatoms. The first-order valence-electron chi connectivity index (χ1n) is 12.5. The van der Waals surface area contributed by atoms with E-state index >= 15 is 0 Å². The van der Waals surface area contributed by atoms with Gasteiger partial charge in [-0.15, -0.1) is 17.5 Å². The first-order chi connectivity index (χ1) is 16.4. The number of benzene rings is 2. The van der Waals surface area contributed by atoms with Gasteiger partial charge < -0.3 is 10.6 Å². The van der Waals surface area contributed by atoms with Gasteiger partial charge in [-0.3, -0.25) is 4.79 Å². The Morgan fingerprint density at radius 2 is 1.91 bits per heavy atom. The summed E-state index contributed by atoms with van der Waals surface area (Å²) in [5, 5.41) is 9.34. The summed E-state index contributed by atoms with van der Waals surface area (Å²) in [6.07, 6.45) is 6.26. The van der Waals surface area contributed by atoms with Crippen molar-refractivity contribution in [1.29, 1.82) is 0 Å². The van der Waals surface area contributed by atoms with E-state index in [1.165, 1.54) is 18.4 Å². The summed E-state index contributed by atoms with van der Waals surface area (Å²) in [7, 11) is 0. The third kappa shape index (κ3) is 5.20. The van der Waals surface area contributed by atoms with Gasteiger partial charge in [-0.25, -0.2) is 4.68 Å². The van der Waals surface area contributed by atoms with Gasteiger partial charge in [-0.05, 0) is 94.2 Å². The van der Waals surface area contributed by atoms with E-state index < -0.39 is 0 Å². The molecule has 2 aromatic carbocycles. The van der Waals surface area contributed by atoms with E-state index in [0.29, 0.717) is 18.0 Å². The van der Waals surface area contributed by atoms with Gasteiger partial charge in [0, 0.05) is 41.2 Å². The Balaban J connectivity index is 0.00000289. The number of fused-ring (bicyclic) bond motifs is 1. The smallest absolute Gasteiger partial charge is 0.254 e. The molecule has 1 aromatic heterocycles. The van der Waals surface area contributed by atoms with Gasteiger partial charge >= 0.3 is 0 Å². The predicted molar refractivity (Wildman–Crippen MR) is 143 cm³/mol. The number of nitrogens with zero attached hydrogens (tertiary/aromatic N) is 4. The third-order valence-electron chi connectivity index (χ3n) is 7.80. The van der Waals surface area contributed by atoms with Gasteiger partial charge in [0.05, 0.1) is 5.52 Å². The Morgan fingerprint density at radius 3 is 2.54 bits per heavy atom. The van der Waals surface area contributed by atoms with Crippen LogP contribution in [-0.2, 0) is 5.41 Å². The van der Waals surface area contributed by atoms with Crippen LogP contribution in [0.4, 0.5) is 0 Å². The second-order valence-corrected chi connectivity index (χ2v) is 10.9. The minimum absolute atomic E-state index is 0. The van der Waals surface area contributed by atoms with Crippen LogP contribution in [0.1, 0.15) is 74.3 Å². The number of amides is 1. The summed E-state index contributed by atoms with van der Waals surface area (Å²) in [6, 6.07) is 14.4. The zero-order valence-corrected chi connectivity index (χ0v) is 22.1. The fraction of sp³-hybridized carbons (Fsp3) is 0.519. The highest BCUT2D eigenvalue weighted by atomic mass is 35.5. The van der Waals surface area contributed by atoms with Crippen LogP contribution in [0.5, 0.6) is 0 Å². The van der Waals surface area contributed by atoms with Gasteiger partial charge in [0.25, 0.3) is 5.91 Å². The molecule has 35 heavy (non-hydrogen) atoms. The van der Waals surface area contributed by atoms with E-state index in [2.05, 4.69) is 41.2 Å². The quantitative estimate of drug-likeness (QED) is 0.432. The Bertz CT molecular complexity index is 1180. The molecule has 0 aliphatic heterocycles. The highest BCUT2D eigenvalue weighted by molar-refractivity contribution is 6.30. The van der Waals surface area contributed by atoms with Gasteiger partial charge in [0.1, 0.15) is 5.52 Å². The summed E-state index contributed by atoms with van der Waals surface area (Å²) in [4.78, 5) is 15.9. The number of hydrogen-bond donors (Lipinski definition) is 1. The van der Waals surface area contributed by atoms with Crippen molar-refractivity contribution < 1.29 is 4.79 Å². The van der Waals surface area contributed by atoms with Crippen LogP contribution in [0.2, 0.25) is 5.02 Å². The summed E-state index contributed by atoms with van der Waals surface area (Å²) in [6.45, 7) is 5.60. The van der Waals surface area contributed by atoms with Crippen molar-refractivity contribution in [1.82, 2.24) is 19.9 Å². The fourth-order valence-electron chi connectivity index (χ4n) is 5.49. The van der Waals surface area contributed by atoms with Crippen LogP contribution in [0.3, 0.4) is 0 Å². The normalized spacial score (nSPS) is 22.3. The largest absolute Gasteiger partial charge is 0.335 e. The molecule has 2 fully saturated rings. The van der Waals surface area contributed by atoms with Crippen molar-refractivity contribution in [3.05, 3.63) is 58.6 Å². The summed E-state index contributed by atoms with van der Waals surface area (Å²) < 4.78 is 1.90. The molecule has 2 aliphatic carbocycles. The molecule has 188 valence electrons. The molecule has 5 rings (SSSR count). The van der Waals surface area contributed by atoms with Gasteiger partial charge in [0.15, 0.2) is 0 Å². The van der Waals surface area contributed by atoms with Crippen LogP contribution < -0.4 is 5.73 Å². The molecule has 0 saturated heterocycles. The highest BCUT2D eigenvalue weighted by Gasteiger charge is 2.40. The van der Waals surface area contributed by atoms with E-state index in [0.717, 1.165) is 48.3 Å². The lowest BCUT2D eigenvalue weighted by Gasteiger charge is -2.43. The summed E-state index contributed by atoms with van der Waals surface area (Å²) >= 11 is 6.29. The molecule has 1 amide bonds. The molecular weight excluding hydrogens is 481 g/mol. The molecule has 0 unspecified atom stereocenters. The van der Waals surface area contributed by atoms with Crippen molar-refractivity contribution in [3.63, 3.8) is 0 Å². The number of nitrogens with two attached hydrogens (primary N) is 1. The second kappa shape index (κ2) is 10.5. The van der Waals surface area contributed by atoms with E-state index in [1.54, 1.807) is 0 Å². The number of hydrogen-bond acceptors (Lipinski definition) is 4. The Hall–Kier alpha value is -2.15. The molecule has 3 aromatic rings. The first-order valence-corrected chi connectivity index (χ1v) is 12.9. The van der Waals surface area contributed by atoms with Gasteiger partial charge in [-0.2, -0.15) is 0 Å². The van der Waals surface area contributed by atoms with E-state index in [-0.39, 0.29) is 35.8 Å². The lowest BCUT2D eigenvalue weighted by atomic mass is 9.68. The second-order valence-electron chi connectivity index (χ2n) is 10.5. The number of carbonyl (C=O) groups excluding carboxylic acids is 1. The predicted octanol–water partition coefficient (Wildman–Crippen LogP) is 5.78. The van der Waals surface area contributed by atoms with Gasteiger partial charge in [0.2, 0.25) is 0 Å². The lowest BCUT2D eigenvalue weighted by molar-refractivity contribution is 0.0581. The number of aromatic nitrogens is 3. The van der Waals surface area contributed by atoms with Gasteiger partial charge in [-0.1, -0.05) is 28.9 Å². The molecule has 2 N–H and O–H groups in total. The number of carbonyl (C=O) groups is 1. The lowest BCUT2D eigenvalue weighted by Crippen LogP contribution is -2.48. The molecule has 0 bridgehead atoms. The zero-order valence-electron chi connectivity index (χ0n) is 20.5. The monoisotopic (exact) mass is 515 g/mol. The van der Waals surface area contributed by atoms with Crippen molar-refractivity contribution in [2.45, 2.75) is 69.9 Å². The van der Waals surface area contributed by atoms with Crippen molar-refractivity contribution in [2.24, 2.45) is 11.7 Å². The Labute approximate surface area is 218 Å². The Kier molecular flexibility index (Phi) is 7.74. The topological polar surface area (TPSA) is 77.0 Å². The van der Waals surface area contributed by atoms with E-state index in [1.807, 2.05) is 35.0 Å². The summed E-state index contributed by atoms with van der Waals surface area (Å²) in [5.74, 6) is 0.740. The van der Waals surface area contributed by atoms with E-state index in [9.17, 15) is 4.79 Å².